The average molecular weight is 255 g/mol. The van der Waals surface area contributed by atoms with Crippen LogP contribution in [0.15, 0.2) is 71.9 Å². The van der Waals surface area contributed by atoms with E-state index in [0.29, 0.717) is 11.3 Å². The Balaban J connectivity index is 2.75. The van der Waals surface area contributed by atoms with Gasteiger partial charge in [-0.2, -0.15) is 0 Å². The highest BCUT2D eigenvalue weighted by Gasteiger charge is 2.07. The zero-order valence-electron chi connectivity index (χ0n) is 11.2. The second-order valence-corrected chi connectivity index (χ2v) is 3.77. The van der Waals surface area contributed by atoms with E-state index in [9.17, 15) is 4.79 Å². The van der Waals surface area contributed by atoms with E-state index in [1.807, 2.05) is 43.3 Å². The first-order chi connectivity index (χ1) is 9.19. The lowest BCUT2D eigenvalue weighted by molar-refractivity contribution is -0.138. The minimum atomic E-state index is -0.525. The molecule has 19 heavy (non-hydrogen) atoms. The molecule has 1 rings (SSSR count). The molecule has 0 aromatic heterocycles. The number of rotatable bonds is 5. The summed E-state index contributed by atoms with van der Waals surface area (Å²) in [6.07, 6.45) is 6.62. The van der Waals surface area contributed by atoms with Gasteiger partial charge >= 0.3 is 5.97 Å². The van der Waals surface area contributed by atoms with Crippen molar-refractivity contribution in [3.63, 3.8) is 0 Å². The third kappa shape index (κ3) is 4.76. The molecule has 0 spiro atoms. The van der Waals surface area contributed by atoms with Crippen LogP contribution in [-0.4, -0.2) is 11.7 Å². The summed E-state index contributed by atoms with van der Waals surface area (Å²) in [5.74, 6) is -0.525. The highest BCUT2D eigenvalue weighted by molar-refractivity contribution is 5.99. The van der Waals surface area contributed by atoms with Gasteiger partial charge in [0.1, 0.15) is 0 Å². The number of carbonyl (C=O) groups is 1. The Morgan fingerprint density at radius 2 is 2.00 bits per heavy atom. The first-order valence-electron chi connectivity index (χ1n) is 5.95. The third-order valence-electron chi connectivity index (χ3n) is 2.38. The lowest BCUT2D eigenvalue weighted by Gasteiger charge is -2.01. The maximum Gasteiger partial charge on any atom is 0.365 e. The third-order valence-corrected chi connectivity index (χ3v) is 2.38. The summed E-state index contributed by atoms with van der Waals surface area (Å²) >= 11 is 0. The van der Waals surface area contributed by atoms with Gasteiger partial charge in [-0.1, -0.05) is 60.3 Å². The second-order valence-electron chi connectivity index (χ2n) is 3.77. The molecule has 0 radical (unpaired) electrons. The summed E-state index contributed by atoms with van der Waals surface area (Å²) in [6.45, 7) is 7.21. The van der Waals surface area contributed by atoms with Crippen molar-refractivity contribution < 1.29 is 9.63 Å². The summed E-state index contributed by atoms with van der Waals surface area (Å²) in [5, 5.41) is 3.83. The molecule has 0 atom stereocenters. The van der Waals surface area contributed by atoms with Crippen LogP contribution in [0.3, 0.4) is 0 Å². The van der Waals surface area contributed by atoms with E-state index in [1.165, 1.54) is 6.08 Å². The SMILES string of the molecule is C=C/C(=C\C=C/C)C(=O)ON=C(C)c1ccccc1. The van der Waals surface area contributed by atoms with Crippen LogP contribution in [0.1, 0.15) is 19.4 Å². The van der Waals surface area contributed by atoms with Gasteiger partial charge in [-0.25, -0.2) is 4.79 Å². The van der Waals surface area contributed by atoms with Gasteiger partial charge in [0.05, 0.1) is 11.3 Å². The molecule has 0 fully saturated rings. The number of hydrogen-bond donors (Lipinski definition) is 0. The van der Waals surface area contributed by atoms with E-state index >= 15 is 0 Å². The molecule has 3 nitrogen and oxygen atoms in total. The predicted octanol–water partition coefficient (Wildman–Crippen LogP) is 3.64. The summed E-state index contributed by atoms with van der Waals surface area (Å²) in [6, 6.07) is 9.51. The molecule has 1 aromatic rings. The summed E-state index contributed by atoms with van der Waals surface area (Å²) in [7, 11) is 0. The molecular formula is C16H17NO2. The Hall–Kier alpha value is -2.42. The van der Waals surface area contributed by atoms with Gasteiger partial charge in [-0.15, -0.1) is 0 Å². The number of hydrogen-bond acceptors (Lipinski definition) is 3. The summed E-state index contributed by atoms with van der Waals surface area (Å²) < 4.78 is 0. The van der Waals surface area contributed by atoms with Crippen molar-refractivity contribution in [1.29, 1.82) is 0 Å². The Kier molecular flexibility index (Phi) is 6.03. The van der Waals surface area contributed by atoms with Crippen LogP contribution >= 0.6 is 0 Å². The highest BCUT2D eigenvalue weighted by atomic mass is 16.7. The first kappa shape index (κ1) is 14.6. The van der Waals surface area contributed by atoms with Crippen molar-refractivity contribution >= 4 is 11.7 Å². The Bertz CT molecular complexity index is 525. The molecular weight excluding hydrogens is 238 g/mol. The minimum absolute atomic E-state index is 0.364. The number of oxime groups is 1. The fraction of sp³-hybridized carbons (Fsp3) is 0.125. The zero-order chi connectivity index (χ0) is 14.1. The van der Waals surface area contributed by atoms with Gasteiger partial charge in [0, 0.05) is 0 Å². The number of allylic oxidation sites excluding steroid dienone is 3. The van der Waals surface area contributed by atoms with Gasteiger partial charge in [0.25, 0.3) is 0 Å². The molecule has 0 heterocycles. The van der Waals surface area contributed by atoms with Gasteiger partial charge in [0.15, 0.2) is 0 Å². The van der Waals surface area contributed by atoms with Crippen molar-refractivity contribution in [2.24, 2.45) is 5.16 Å². The molecule has 0 N–H and O–H groups in total. The molecule has 3 heteroatoms. The van der Waals surface area contributed by atoms with Crippen molar-refractivity contribution in [2.45, 2.75) is 13.8 Å². The molecule has 0 unspecified atom stereocenters. The molecule has 0 aliphatic heterocycles. The van der Waals surface area contributed by atoms with Crippen molar-refractivity contribution in [3.8, 4) is 0 Å². The van der Waals surface area contributed by atoms with Crippen LogP contribution < -0.4 is 0 Å². The van der Waals surface area contributed by atoms with E-state index in [4.69, 9.17) is 4.84 Å². The van der Waals surface area contributed by atoms with E-state index < -0.39 is 5.97 Å². The van der Waals surface area contributed by atoms with E-state index in [0.717, 1.165) is 5.56 Å². The second kappa shape index (κ2) is 7.82. The lowest BCUT2D eigenvalue weighted by atomic mass is 10.1. The Morgan fingerprint density at radius 1 is 1.32 bits per heavy atom. The fourth-order valence-corrected chi connectivity index (χ4v) is 1.31. The fourth-order valence-electron chi connectivity index (χ4n) is 1.31. The summed E-state index contributed by atoms with van der Waals surface area (Å²) in [4.78, 5) is 16.6. The van der Waals surface area contributed by atoms with Crippen LogP contribution in [0.25, 0.3) is 0 Å². The normalized spacial score (nSPS) is 12.5. The summed E-state index contributed by atoms with van der Waals surface area (Å²) in [5.41, 5.74) is 1.92. The van der Waals surface area contributed by atoms with E-state index in [-0.39, 0.29) is 0 Å². The molecule has 0 amide bonds. The van der Waals surface area contributed by atoms with Crippen molar-refractivity contribution in [2.75, 3.05) is 0 Å². The number of nitrogens with zero attached hydrogens (tertiary/aromatic N) is 1. The standard InChI is InChI=1S/C16H17NO2/c1-4-6-10-14(5-2)16(18)19-17-13(3)15-11-8-7-9-12-15/h4-12H,2H2,1,3H3/b6-4-,14-10+,17-13?. The van der Waals surface area contributed by atoms with Crippen LogP contribution in [0, 0.1) is 0 Å². The van der Waals surface area contributed by atoms with Gasteiger partial charge in [-0.3, -0.25) is 0 Å². The smallest absolute Gasteiger partial charge is 0.313 e. The maximum absolute atomic E-state index is 11.7. The number of benzene rings is 1. The average Bonchev–Trinajstić information content (AvgIpc) is 2.46. The van der Waals surface area contributed by atoms with Crippen LogP contribution in [0.5, 0.6) is 0 Å². The molecule has 0 saturated heterocycles. The Labute approximate surface area is 113 Å². The van der Waals surface area contributed by atoms with Gasteiger partial charge < -0.3 is 4.84 Å². The topological polar surface area (TPSA) is 38.7 Å². The van der Waals surface area contributed by atoms with Gasteiger partial charge in [0.2, 0.25) is 0 Å². The maximum atomic E-state index is 11.7. The Morgan fingerprint density at radius 3 is 2.58 bits per heavy atom. The van der Waals surface area contributed by atoms with Gasteiger partial charge in [-0.05, 0) is 25.5 Å². The van der Waals surface area contributed by atoms with Crippen LogP contribution in [0.4, 0.5) is 0 Å². The number of carbonyl (C=O) groups excluding carboxylic acids is 1. The van der Waals surface area contributed by atoms with E-state index in [1.54, 1.807) is 19.1 Å². The highest BCUT2D eigenvalue weighted by Crippen LogP contribution is 2.04. The van der Waals surface area contributed by atoms with Crippen LogP contribution in [-0.2, 0) is 9.63 Å². The van der Waals surface area contributed by atoms with Crippen molar-refractivity contribution in [3.05, 3.63) is 72.4 Å². The van der Waals surface area contributed by atoms with Crippen LogP contribution in [0.2, 0.25) is 0 Å². The monoisotopic (exact) mass is 255 g/mol. The first-order valence-corrected chi connectivity index (χ1v) is 5.95. The largest absolute Gasteiger partial charge is 0.365 e. The predicted molar refractivity (Wildman–Crippen MR) is 77.8 cm³/mol. The molecule has 0 saturated carbocycles. The molecule has 1 aromatic carbocycles. The molecule has 98 valence electrons. The quantitative estimate of drug-likeness (QED) is 0.265. The molecule has 0 aliphatic rings. The molecule has 0 bridgehead atoms. The minimum Gasteiger partial charge on any atom is -0.313 e. The van der Waals surface area contributed by atoms with Crippen molar-refractivity contribution in [1.82, 2.24) is 0 Å². The zero-order valence-corrected chi connectivity index (χ0v) is 11.2. The lowest BCUT2D eigenvalue weighted by Crippen LogP contribution is -2.04. The molecule has 0 aliphatic carbocycles. The van der Waals surface area contributed by atoms with E-state index in [2.05, 4.69) is 11.7 Å².